The molecule has 0 saturated heterocycles. The van der Waals surface area contributed by atoms with E-state index in [1.54, 1.807) is 0 Å². The molecule has 0 spiro atoms. The summed E-state index contributed by atoms with van der Waals surface area (Å²) in [5.74, 6) is -1.69. The summed E-state index contributed by atoms with van der Waals surface area (Å²) >= 11 is 0. The van der Waals surface area contributed by atoms with Crippen molar-refractivity contribution >= 4 is 22.8 Å². The first-order chi connectivity index (χ1) is 18.6. The van der Waals surface area contributed by atoms with E-state index in [0.717, 1.165) is 0 Å². The second kappa shape index (κ2) is 12.2. The molecule has 0 unspecified atom stereocenters. The van der Waals surface area contributed by atoms with Gasteiger partial charge in [-0.25, -0.2) is 0 Å². The molecule has 0 aromatic heterocycles. The number of anilines is 1. The predicted octanol–water partition coefficient (Wildman–Crippen LogP) is 5.89. The largest absolute Gasteiger partial charge is 0.507 e. The van der Waals surface area contributed by atoms with Gasteiger partial charge in [0, 0.05) is 61.8 Å². The Labute approximate surface area is 237 Å². The molecule has 1 aromatic carbocycles. The van der Waals surface area contributed by atoms with Gasteiger partial charge in [-0.05, 0) is 23.7 Å². The third-order valence-electron chi connectivity index (χ3n) is 6.65. The molecular formula is C32H44N2O6. The number of allylic oxidation sites excluding steroid dienone is 5. The molecule has 2 aliphatic rings. The summed E-state index contributed by atoms with van der Waals surface area (Å²) in [6.45, 7) is 19.3. The molecule has 8 heteroatoms. The van der Waals surface area contributed by atoms with E-state index < -0.39 is 23.1 Å². The monoisotopic (exact) mass is 552 g/mol. The molecule has 0 amide bonds. The van der Waals surface area contributed by atoms with Crippen molar-refractivity contribution in [2.45, 2.75) is 55.4 Å². The number of benzene rings is 1. The van der Waals surface area contributed by atoms with E-state index in [1.807, 2.05) is 4.90 Å². The van der Waals surface area contributed by atoms with Crippen LogP contribution in [0.1, 0.15) is 61.0 Å². The number of hydrogen-bond donors (Lipinski definition) is 4. The van der Waals surface area contributed by atoms with Gasteiger partial charge in [-0.3, -0.25) is 9.59 Å². The second-order valence-corrected chi connectivity index (χ2v) is 12.5. The molecule has 2 aliphatic carbocycles. The molecule has 0 radical (unpaired) electrons. The number of aliphatic hydroxyl groups is 2. The Morgan fingerprint density at radius 1 is 0.625 bits per heavy atom. The standard InChI is InChI=1S/C32H44N2O6/c1-17(2)13-33(14-18(3)4)21-9-23(35)27(24(36)10-21)29-31(39)30(32(29)40)28-25(37)11-22(12-26(28)38)34(15-19(5)6)16-20(7)8/h9-12,17-20,35-37,39H,13-16H2,1-8H3/b30-28-. The zero-order chi connectivity index (χ0) is 30.0. The highest BCUT2D eigenvalue weighted by Crippen LogP contribution is 2.47. The lowest BCUT2D eigenvalue weighted by atomic mass is 9.78. The fourth-order valence-corrected chi connectivity index (χ4v) is 5.26. The highest BCUT2D eigenvalue weighted by Gasteiger charge is 2.43. The van der Waals surface area contributed by atoms with Crippen LogP contribution in [0.5, 0.6) is 11.5 Å². The Kier molecular flexibility index (Phi) is 9.44. The van der Waals surface area contributed by atoms with Gasteiger partial charge < -0.3 is 30.2 Å². The van der Waals surface area contributed by atoms with E-state index >= 15 is 0 Å². The van der Waals surface area contributed by atoms with Gasteiger partial charge in [-0.15, -0.1) is 0 Å². The van der Waals surface area contributed by atoms with Crippen molar-refractivity contribution in [2.75, 3.05) is 31.1 Å². The second-order valence-electron chi connectivity index (χ2n) is 12.5. The molecule has 40 heavy (non-hydrogen) atoms. The quantitative estimate of drug-likeness (QED) is 0.251. The molecule has 8 nitrogen and oxygen atoms in total. The number of aliphatic hydroxyl groups excluding tert-OH is 2. The van der Waals surface area contributed by atoms with Crippen LogP contribution in [-0.4, -0.2) is 63.1 Å². The molecule has 1 aromatic rings. The number of ketones is 2. The summed E-state index contributed by atoms with van der Waals surface area (Å²) in [6.07, 6.45) is 2.81. The predicted molar refractivity (Wildman–Crippen MR) is 158 cm³/mol. The van der Waals surface area contributed by atoms with Gasteiger partial charge in [0.2, 0.25) is 5.78 Å². The van der Waals surface area contributed by atoms with Crippen LogP contribution in [-0.2, 0) is 9.59 Å². The Bertz CT molecular complexity index is 1250. The number of phenolic OH excluding ortho intramolecular Hbond substituents is 2. The van der Waals surface area contributed by atoms with Crippen LogP contribution in [0.25, 0.3) is 5.57 Å². The molecule has 3 rings (SSSR count). The van der Waals surface area contributed by atoms with Crippen molar-refractivity contribution in [2.24, 2.45) is 23.7 Å². The first-order valence-corrected chi connectivity index (χ1v) is 14.1. The van der Waals surface area contributed by atoms with Gasteiger partial charge in [0.15, 0.2) is 5.78 Å². The zero-order valence-corrected chi connectivity index (χ0v) is 24.9. The summed E-state index contributed by atoms with van der Waals surface area (Å²) < 4.78 is 0. The lowest BCUT2D eigenvalue weighted by molar-refractivity contribution is -0.114. The van der Waals surface area contributed by atoms with Crippen molar-refractivity contribution < 1.29 is 30.0 Å². The minimum Gasteiger partial charge on any atom is -0.507 e. The van der Waals surface area contributed by atoms with E-state index in [1.165, 1.54) is 24.3 Å². The molecular weight excluding hydrogens is 508 g/mol. The third-order valence-corrected chi connectivity index (χ3v) is 6.65. The number of nitrogens with zero attached hydrogens (tertiary/aromatic N) is 2. The van der Waals surface area contributed by atoms with E-state index in [4.69, 9.17) is 0 Å². The fourth-order valence-electron chi connectivity index (χ4n) is 5.26. The van der Waals surface area contributed by atoms with Gasteiger partial charge in [0.05, 0.1) is 22.3 Å². The summed E-state index contributed by atoms with van der Waals surface area (Å²) in [7, 11) is 0. The van der Waals surface area contributed by atoms with Crippen molar-refractivity contribution in [3.63, 3.8) is 0 Å². The van der Waals surface area contributed by atoms with E-state index in [-0.39, 0.29) is 33.8 Å². The first kappa shape index (κ1) is 30.9. The lowest BCUT2D eigenvalue weighted by Gasteiger charge is -2.32. The van der Waals surface area contributed by atoms with Crippen LogP contribution in [0.2, 0.25) is 0 Å². The number of Topliss-reactive ketones (excluding diaryl/α,β-unsaturated/α-hetero) is 1. The topological polar surface area (TPSA) is 122 Å². The number of aromatic hydroxyl groups is 2. The first-order valence-electron chi connectivity index (χ1n) is 14.1. The molecule has 0 atom stereocenters. The highest BCUT2D eigenvalue weighted by molar-refractivity contribution is 6.42. The van der Waals surface area contributed by atoms with Crippen molar-refractivity contribution in [3.05, 3.63) is 58.2 Å². The maximum Gasteiger partial charge on any atom is 0.202 e. The van der Waals surface area contributed by atoms with Crippen LogP contribution in [0.4, 0.5) is 5.69 Å². The summed E-state index contributed by atoms with van der Waals surface area (Å²) in [5.41, 5.74) is 0.0299. The number of phenols is 2. The van der Waals surface area contributed by atoms with Gasteiger partial charge in [0.1, 0.15) is 23.0 Å². The Balaban J connectivity index is 2.01. The Hall–Kier alpha value is -3.68. The molecule has 0 saturated carbocycles. The summed E-state index contributed by atoms with van der Waals surface area (Å²) in [5, 5.41) is 43.4. The Morgan fingerprint density at radius 3 is 1.48 bits per heavy atom. The maximum atomic E-state index is 13.3. The van der Waals surface area contributed by atoms with Crippen LogP contribution in [0.3, 0.4) is 0 Å². The van der Waals surface area contributed by atoms with Crippen LogP contribution >= 0.6 is 0 Å². The van der Waals surface area contributed by atoms with E-state index in [9.17, 15) is 30.0 Å². The smallest absolute Gasteiger partial charge is 0.202 e. The molecule has 4 N–H and O–H groups in total. The van der Waals surface area contributed by atoms with Gasteiger partial charge >= 0.3 is 0 Å². The number of rotatable bonds is 11. The van der Waals surface area contributed by atoms with Gasteiger partial charge in [0.25, 0.3) is 0 Å². The molecule has 0 heterocycles. The summed E-state index contributed by atoms with van der Waals surface area (Å²) in [6, 6.07) is 2.93. The Morgan fingerprint density at radius 2 is 1.07 bits per heavy atom. The fraction of sp³-hybridized carbons (Fsp3) is 0.500. The van der Waals surface area contributed by atoms with Crippen molar-refractivity contribution in [1.82, 2.24) is 4.90 Å². The molecule has 0 aliphatic heterocycles. The number of carbonyl (C=O) groups excluding carboxylic acids is 2. The van der Waals surface area contributed by atoms with Crippen molar-refractivity contribution in [3.8, 4) is 11.5 Å². The van der Waals surface area contributed by atoms with Crippen molar-refractivity contribution in [1.29, 1.82) is 0 Å². The van der Waals surface area contributed by atoms with Crippen LogP contribution < -0.4 is 4.90 Å². The van der Waals surface area contributed by atoms with Gasteiger partial charge in [-0.2, -0.15) is 0 Å². The molecule has 0 fully saturated rings. The minimum absolute atomic E-state index is 0.201. The normalized spacial score (nSPS) is 17.7. The SMILES string of the molecule is CC(C)CN(CC(C)C)C1=CC(=O)/C(=C2\C(=O)C(c3c(O)cc(N(CC(C)C)CC(C)C)cc3O)=C2O)C(O)=C1. The summed E-state index contributed by atoms with van der Waals surface area (Å²) in [4.78, 5) is 30.5. The maximum absolute atomic E-state index is 13.3. The average Bonchev–Trinajstić information content (AvgIpc) is 2.81. The van der Waals surface area contributed by atoms with Crippen LogP contribution in [0, 0.1) is 23.7 Å². The van der Waals surface area contributed by atoms with E-state index in [2.05, 4.69) is 60.3 Å². The third kappa shape index (κ3) is 6.54. The zero-order valence-electron chi connectivity index (χ0n) is 24.9. The number of hydrogen-bond acceptors (Lipinski definition) is 8. The highest BCUT2D eigenvalue weighted by atomic mass is 16.3. The van der Waals surface area contributed by atoms with Crippen LogP contribution in [0.15, 0.2) is 52.6 Å². The minimum atomic E-state index is -0.738. The lowest BCUT2D eigenvalue weighted by Crippen LogP contribution is -2.33. The van der Waals surface area contributed by atoms with Gasteiger partial charge in [-0.1, -0.05) is 55.4 Å². The molecule has 218 valence electrons. The molecule has 0 bridgehead atoms. The van der Waals surface area contributed by atoms with E-state index in [0.29, 0.717) is 61.2 Å². The number of carbonyl (C=O) groups is 2. The average molecular weight is 553 g/mol.